The number of hydrogen-bond donors (Lipinski definition) is 0. The monoisotopic (exact) mass is 330 g/mol. The van der Waals surface area contributed by atoms with E-state index in [2.05, 4.69) is 74.2 Å². The SMILES string of the molecule is C=CC=CCC1CCC(c2ccc(-c3ccc(CC)cc3)cc2)CC1. The minimum Gasteiger partial charge on any atom is -0.0991 e. The summed E-state index contributed by atoms with van der Waals surface area (Å²) in [7, 11) is 0. The Morgan fingerprint density at radius 2 is 1.48 bits per heavy atom. The van der Waals surface area contributed by atoms with Gasteiger partial charge >= 0.3 is 0 Å². The van der Waals surface area contributed by atoms with E-state index in [4.69, 9.17) is 0 Å². The molecule has 0 unspecified atom stereocenters. The van der Waals surface area contributed by atoms with Crippen LogP contribution in [0.15, 0.2) is 73.3 Å². The molecule has 0 aliphatic heterocycles. The maximum absolute atomic E-state index is 3.75. The summed E-state index contributed by atoms with van der Waals surface area (Å²) in [4.78, 5) is 0. The first kappa shape index (κ1) is 17.7. The molecule has 0 N–H and O–H groups in total. The summed E-state index contributed by atoms with van der Waals surface area (Å²) in [6.45, 7) is 5.95. The van der Waals surface area contributed by atoms with Crippen LogP contribution in [0.3, 0.4) is 0 Å². The van der Waals surface area contributed by atoms with Crippen LogP contribution in [-0.4, -0.2) is 0 Å². The van der Waals surface area contributed by atoms with Gasteiger partial charge in [-0.05, 0) is 72.6 Å². The van der Waals surface area contributed by atoms with Crippen LogP contribution in [0.5, 0.6) is 0 Å². The lowest BCUT2D eigenvalue weighted by Crippen LogP contribution is -2.12. The Morgan fingerprint density at radius 3 is 2.04 bits per heavy atom. The number of benzene rings is 2. The molecule has 0 saturated heterocycles. The van der Waals surface area contributed by atoms with Crippen molar-refractivity contribution in [3.8, 4) is 11.1 Å². The summed E-state index contributed by atoms with van der Waals surface area (Å²) >= 11 is 0. The average Bonchev–Trinajstić information content (AvgIpc) is 2.69. The third-order valence-electron chi connectivity index (χ3n) is 5.67. The zero-order valence-electron chi connectivity index (χ0n) is 15.5. The molecular formula is C25H30. The van der Waals surface area contributed by atoms with E-state index < -0.39 is 0 Å². The fourth-order valence-electron chi connectivity index (χ4n) is 3.98. The fraction of sp³-hybridized carbons (Fsp3) is 0.360. The van der Waals surface area contributed by atoms with Crippen LogP contribution < -0.4 is 0 Å². The van der Waals surface area contributed by atoms with Crippen molar-refractivity contribution in [3.05, 3.63) is 84.5 Å². The third kappa shape index (κ3) is 4.72. The number of allylic oxidation sites excluding steroid dienone is 3. The predicted molar refractivity (Wildman–Crippen MR) is 110 cm³/mol. The molecule has 0 nitrogen and oxygen atoms in total. The summed E-state index contributed by atoms with van der Waals surface area (Å²) in [6.07, 6.45) is 13.9. The van der Waals surface area contributed by atoms with Gasteiger partial charge in [0.05, 0.1) is 0 Å². The van der Waals surface area contributed by atoms with Gasteiger partial charge in [0.15, 0.2) is 0 Å². The predicted octanol–water partition coefficient (Wildman–Crippen LogP) is 7.32. The van der Waals surface area contributed by atoms with Gasteiger partial charge in [-0.2, -0.15) is 0 Å². The van der Waals surface area contributed by atoms with Crippen molar-refractivity contribution >= 4 is 0 Å². The molecule has 25 heavy (non-hydrogen) atoms. The molecular weight excluding hydrogens is 300 g/mol. The van der Waals surface area contributed by atoms with Gasteiger partial charge in [-0.3, -0.25) is 0 Å². The highest BCUT2D eigenvalue weighted by molar-refractivity contribution is 5.64. The highest BCUT2D eigenvalue weighted by Crippen LogP contribution is 2.37. The van der Waals surface area contributed by atoms with E-state index in [1.54, 1.807) is 0 Å². The Morgan fingerprint density at radius 1 is 0.880 bits per heavy atom. The molecule has 0 bridgehead atoms. The topological polar surface area (TPSA) is 0 Å². The van der Waals surface area contributed by atoms with Gasteiger partial charge in [0.1, 0.15) is 0 Å². The molecule has 0 heteroatoms. The molecule has 2 aromatic carbocycles. The van der Waals surface area contributed by atoms with Crippen molar-refractivity contribution < 1.29 is 0 Å². The van der Waals surface area contributed by atoms with Crippen LogP contribution in [-0.2, 0) is 6.42 Å². The first-order valence-electron chi connectivity index (χ1n) is 9.77. The van der Waals surface area contributed by atoms with Crippen molar-refractivity contribution in [1.82, 2.24) is 0 Å². The average molecular weight is 331 g/mol. The second-order valence-corrected chi connectivity index (χ2v) is 7.29. The Labute approximate surface area is 153 Å². The minimum absolute atomic E-state index is 0.746. The Bertz CT molecular complexity index is 680. The Balaban J connectivity index is 1.59. The van der Waals surface area contributed by atoms with Crippen molar-refractivity contribution in [2.45, 2.75) is 51.4 Å². The highest BCUT2D eigenvalue weighted by Gasteiger charge is 2.21. The zero-order valence-corrected chi connectivity index (χ0v) is 15.5. The zero-order chi connectivity index (χ0) is 17.5. The maximum Gasteiger partial charge on any atom is -0.0162 e. The first-order valence-corrected chi connectivity index (χ1v) is 9.77. The highest BCUT2D eigenvalue weighted by atomic mass is 14.3. The normalized spacial score (nSPS) is 20.7. The van der Waals surface area contributed by atoms with Crippen LogP contribution in [0.25, 0.3) is 11.1 Å². The molecule has 1 fully saturated rings. The Kier molecular flexibility index (Phi) is 6.28. The van der Waals surface area contributed by atoms with Crippen molar-refractivity contribution in [1.29, 1.82) is 0 Å². The van der Waals surface area contributed by atoms with Crippen molar-refractivity contribution in [2.75, 3.05) is 0 Å². The fourth-order valence-corrected chi connectivity index (χ4v) is 3.98. The summed E-state index contributed by atoms with van der Waals surface area (Å²) in [5.74, 6) is 1.61. The third-order valence-corrected chi connectivity index (χ3v) is 5.67. The second kappa shape index (κ2) is 8.85. The van der Waals surface area contributed by atoms with E-state index in [1.165, 1.54) is 54.4 Å². The summed E-state index contributed by atoms with van der Waals surface area (Å²) in [5, 5.41) is 0. The molecule has 1 aliphatic carbocycles. The second-order valence-electron chi connectivity index (χ2n) is 7.29. The van der Waals surface area contributed by atoms with Crippen LogP contribution in [0, 0.1) is 5.92 Å². The molecule has 0 amide bonds. The largest absolute Gasteiger partial charge is 0.0991 e. The van der Waals surface area contributed by atoms with Gasteiger partial charge in [0.25, 0.3) is 0 Å². The number of hydrogen-bond acceptors (Lipinski definition) is 0. The molecule has 1 aliphatic rings. The van der Waals surface area contributed by atoms with Gasteiger partial charge in [0, 0.05) is 0 Å². The molecule has 130 valence electrons. The van der Waals surface area contributed by atoms with E-state index in [9.17, 15) is 0 Å². The maximum atomic E-state index is 3.75. The molecule has 3 rings (SSSR count). The molecule has 0 aromatic heterocycles. The van der Waals surface area contributed by atoms with Gasteiger partial charge < -0.3 is 0 Å². The molecule has 2 aromatic rings. The van der Waals surface area contributed by atoms with E-state index in [-0.39, 0.29) is 0 Å². The van der Waals surface area contributed by atoms with Crippen LogP contribution in [0.1, 0.15) is 56.1 Å². The number of rotatable bonds is 6. The summed E-state index contributed by atoms with van der Waals surface area (Å²) in [6, 6.07) is 18.3. The van der Waals surface area contributed by atoms with Gasteiger partial charge in [-0.15, -0.1) is 0 Å². The van der Waals surface area contributed by atoms with E-state index >= 15 is 0 Å². The van der Waals surface area contributed by atoms with Gasteiger partial charge in [-0.1, -0.05) is 80.3 Å². The lowest BCUT2D eigenvalue weighted by Gasteiger charge is -2.28. The van der Waals surface area contributed by atoms with E-state index in [1.807, 2.05) is 6.08 Å². The van der Waals surface area contributed by atoms with Crippen LogP contribution >= 0.6 is 0 Å². The molecule has 1 saturated carbocycles. The quantitative estimate of drug-likeness (QED) is 0.487. The standard InChI is InChI=1S/C25H30/c1-3-5-6-7-21-10-14-23(15-11-21)25-18-16-24(17-19-25)22-12-8-20(4-2)9-13-22/h3,5-6,8-9,12-13,16-19,21,23H,1,4,7,10-11,14-15H2,2H3. The van der Waals surface area contributed by atoms with E-state index in [0.717, 1.165) is 18.3 Å². The van der Waals surface area contributed by atoms with Crippen molar-refractivity contribution in [2.24, 2.45) is 5.92 Å². The summed E-state index contributed by atoms with van der Waals surface area (Å²) < 4.78 is 0. The van der Waals surface area contributed by atoms with Crippen LogP contribution in [0.4, 0.5) is 0 Å². The molecule has 0 radical (unpaired) electrons. The van der Waals surface area contributed by atoms with Crippen LogP contribution in [0.2, 0.25) is 0 Å². The van der Waals surface area contributed by atoms with Gasteiger partial charge in [0.2, 0.25) is 0 Å². The first-order chi connectivity index (χ1) is 12.3. The number of aryl methyl sites for hydroxylation is 1. The lowest BCUT2D eigenvalue weighted by atomic mass is 9.77. The molecule has 0 atom stereocenters. The minimum atomic E-state index is 0.746. The smallest absolute Gasteiger partial charge is 0.0162 e. The Hall–Kier alpha value is -2.08. The molecule has 0 heterocycles. The lowest BCUT2D eigenvalue weighted by molar-refractivity contribution is 0.328. The van der Waals surface area contributed by atoms with E-state index in [0.29, 0.717) is 0 Å². The van der Waals surface area contributed by atoms with Gasteiger partial charge in [-0.25, -0.2) is 0 Å². The van der Waals surface area contributed by atoms with Crippen molar-refractivity contribution in [3.63, 3.8) is 0 Å². The molecule has 0 spiro atoms. The summed E-state index contributed by atoms with van der Waals surface area (Å²) in [5.41, 5.74) is 5.57.